The first-order valence-corrected chi connectivity index (χ1v) is 12.9. The SMILES string of the molecule is COc1ccc([C@@H]2c3c(-c4ccccc4)nn(-c4ccccc4)c3Oc3ncn4nc(CC#N)nc4c32)cc1OC. The molecule has 200 valence electrons. The Morgan fingerprint density at radius 3 is 2.39 bits per heavy atom. The highest BCUT2D eigenvalue weighted by Crippen LogP contribution is 2.52. The second-order valence-corrected chi connectivity index (χ2v) is 9.42. The van der Waals surface area contributed by atoms with Crippen molar-refractivity contribution in [2.24, 2.45) is 0 Å². The molecule has 0 saturated heterocycles. The number of rotatable bonds is 6. The molecule has 0 amide bonds. The normalized spacial score (nSPS) is 13.6. The van der Waals surface area contributed by atoms with Crippen LogP contribution in [0.5, 0.6) is 23.3 Å². The third-order valence-corrected chi connectivity index (χ3v) is 7.11. The molecule has 0 unspecified atom stereocenters. The Kier molecular flexibility index (Phi) is 5.83. The van der Waals surface area contributed by atoms with E-state index in [1.54, 1.807) is 25.1 Å². The molecular formula is C31H23N7O3. The van der Waals surface area contributed by atoms with Gasteiger partial charge >= 0.3 is 0 Å². The van der Waals surface area contributed by atoms with Gasteiger partial charge in [-0.2, -0.15) is 15.0 Å². The number of benzene rings is 3. The number of nitrogens with zero attached hydrogens (tertiary/aromatic N) is 7. The van der Waals surface area contributed by atoms with Gasteiger partial charge in [0.15, 0.2) is 23.0 Å². The Morgan fingerprint density at radius 1 is 0.902 bits per heavy atom. The van der Waals surface area contributed by atoms with Gasteiger partial charge in [0.1, 0.15) is 12.0 Å². The summed E-state index contributed by atoms with van der Waals surface area (Å²) in [4.78, 5) is 9.38. The van der Waals surface area contributed by atoms with E-state index >= 15 is 0 Å². The number of nitriles is 1. The molecule has 4 heterocycles. The van der Waals surface area contributed by atoms with Gasteiger partial charge in [-0.3, -0.25) is 0 Å². The van der Waals surface area contributed by atoms with E-state index in [-0.39, 0.29) is 6.42 Å². The predicted molar refractivity (Wildman–Crippen MR) is 150 cm³/mol. The van der Waals surface area contributed by atoms with Gasteiger partial charge in [0, 0.05) is 5.56 Å². The van der Waals surface area contributed by atoms with Crippen molar-refractivity contribution in [2.75, 3.05) is 14.2 Å². The number of ether oxygens (including phenoxy) is 3. The zero-order chi connectivity index (χ0) is 27.9. The van der Waals surface area contributed by atoms with E-state index in [2.05, 4.69) is 16.2 Å². The Balaban J connectivity index is 1.57. The van der Waals surface area contributed by atoms with Crippen LogP contribution in [-0.4, -0.2) is 43.6 Å². The van der Waals surface area contributed by atoms with Gasteiger partial charge in [-0.05, 0) is 29.8 Å². The third-order valence-electron chi connectivity index (χ3n) is 7.11. The molecule has 10 nitrogen and oxygen atoms in total. The van der Waals surface area contributed by atoms with Crippen molar-refractivity contribution in [1.82, 2.24) is 29.4 Å². The van der Waals surface area contributed by atoms with Crippen molar-refractivity contribution < 1.29 is 14.2 Å². The number of hydrogen-bond donors (Lipinski definition) is 0. The van der Waals surface area contributed by atoms with E-state index in [0.29, 0.717) is 40.3 Å². The quantitative estimate of drug-likeness (QED) is 0.277. The largest absolute Gasteiger partial charge is 0.493 e. The molecule has 0 spiro atoms. The molecule has 0 radical (unpaired) electrons. The minimum absolute atomic E-state index is 0.0742. The van der Waals surface area contributed by atoms with Gasteiger partial charge in [-0.1, -0.05) is 54.6 Å². The average molecular weight is 542 g/mol. The first kappa shape index (κ1) is 24.4. The predicted octanol–water partition coefficient (Wildman–Crippen LogP) is 5.35. The van der Waals surface area contributed by atoms with Crippen molar-refractivity contribution in [3.63, 3.8) is 0 Å². The highest BCUT2D eigenvalue weighted by Gasteiger charge is 2.39. The molecule has 10 heteroatoms. The summed E-state index contributed by atoms with van der Waals surface area (Å²) >= 11 is 0. The van der Waals surface area contributed by atoms with E-state index in [9.17, 15) is 5.26 Å². The molecule has 0 bridgehead atoms. The average Bonchev–Trinajstić information content (AvgIpc) is 3.62. The molecule has 0 saturated carbocycles. The maximum Gasteiger partial charge on any atom is 0.230 e. The number of aromatic nitrogens is 6. The van der Waals surface area contributed by atoms with Crippen LogP contribution in [0.2, 0.25) is 0 Å². The van der Waals surface area contributed by atoms with Gasteiger partial charge in [0.05, 0.1) is 49.4 Å². The van der Waals surface area contributed by atoms with Crippen LogP contribution < -0.4 is 14.2 Å². The summed E-state index contributed by atoms with van der Waals surface area (Å²) < 4.78 is 21.2. The Hall–Kier alpha value is -5.69. The topological polar surface area (TPSA) is 112 Å². The van der Waals surface area contributed by atoms with Crippen molar-refractivity contribution >= 4 is 5.65 Å². The first-order valence-electron chi connectivity index (χ1n) is 12.9. The van der Waals surface area contributed by atoms with Crippen LogP contribution in [0.15, 0.2) is 85.2 Å². The first-order chi connectivity index (χ1) is 20.2. The summed E-state index contributed by atoms with van der Waals surface area (Å²) in [6, 6.07) is 27.8. The van der Waals surface area contributed by atoms with Crippen LogP contribution >= 0.6 is 0 Å². The van der Waals surface area contributed by atoms with E-state index < -0.39 is 5.92 Å². The van der Waals surface area contributed by atoms with Crippen molar-refractivity contribution in [3.8, 4) is 46.3 Å². The monoisotopic (exact) mass is 541 g/mol. The lowest BCUT2D eigenvalue weighted by Crippen LogP contribution is -2.16. The maximum absolute atomic E-state index is 9.31. The maximum atomic E-state index is 9.31. The molecule has 41 heavy (non-hydrogen) atoms. The highest BCUT2D eigenvalue weighted by atomic mass is 16.5. The number of hydrogen-bond acceptors (Lipinski definition) is 8. The molecule has 3 aromatic carbocycles. The zero-order valence-corrected chi connectivity index (χ0v) is 22.2. The van der Waals surface area contributed by atoms with Crippen molar-refractivity contribution in [1.29, 1.82) is 5.26 Å². The minimum atomic E-state index is -0.420. The molecule has 6 aromatic rings. The van der Waals surface area contributed by atoms with Gasteiger partial charge < -0.3 is 14.2 Å². The van der Waals surface area contributed by atoms with Crippen molar-refractivity contribution in [3.05, 3.63) is 108 Å². The molecule has 3 aromatic heterocycles. The summed E-state index contributed by atoms with van der Waals surface area (Å²) in [7, 11) is 3.22. The van der Waals surface area contributed by atoms with Crippen LogP contribution in [0.1, 0.15) is 28.4 Å². The fourth-order valence-electron chi connectivity index (χ4n) is 5.31. The zero-order valence-electron chi connectivity index (χ0n) is 22.2. The van der Waals surface area contributed by atoms with Crippen LogP contribution in [0.25, 0.3) is 22.6 Å². The lowest BCUT2D eigenvalue weighted by Gasteiger charge is -2.27. The third kappa shape index (κ3) is 3.94. The number of para-hydroxylation sites is 1. The molecule has 0 aliphatic carbocycles. The fraction of sp³-hybridized carbons (Fsp3) is 0.129. The molecule has 7 rings (SSSR count). The second-order valence-electron chi connectivity index (χ2n) is 9.42. The van der Waals surface area contributed by atoms with Gasteiger partial charge in [0.2, 0.25) is 11.8 Å². The van der Waals surface area contributed by atoms with Crippen molar-refractivity contribution in [2.45, 2.75) is 12.3 Å². The van der Waals surface area contributed by atoms with Gasteiger partial charge in [-0.25, -0.2) is 14.5 Å². The highest BCUT2D eigenvalue weighted by molar-refractivity contribution is 5.75. The van der Waals surface area contributed by atoms with Crippen LogP contribution in [0.4, 0.5) is 0 Å². The van der Waals surface area contributed by atoms with Crippen LogP contribution in [0, 0.1) is 11.3 Å². The lowest BCUT2D eigenvalue weighted by molar-refractivity contribution is 0.354. The van der Waals surface area contributed by atoms with E-state index in [4.69, 9.17) is 24.3 Å². The number of fused-ring (bicyclic) bond motifs is 4. The number of methoxy groups -OCH3 is 2. The summed E-state index contributed by atoms with van der Waals surface area (Å²) in [5.74, 6) is 2.12. The molecule has 1 aliphatic heterocycles. The molecular weight excluding hydrogens is 518 g/mol. The summed E-state index contributed by atoms with van der Waals surface area (Å²) in [5, 5.41) is 18.9. The minimum Gasteiger partial charge on any atom is -0.493 e. The van der Waals surface area contributed by atoms with E-state index in [1.165, 1.54) is 0 Å². The Labute approximate surface area is 235 Å². The van der Waals surface area contributed by atoms with E-state index in [0.717, 1.165) is 28.1 Å². The molecule has 0 fully saturated rings. The molecule has 1 atom stereocenters. The standard InChI is InChI=1S/C31H23N7O3/c1-39-22-14-13-20(17-23(22)40-2)25-26-28(19-9-5-3-6-10-19)36-38(21-11-7-4-8-12-21)31(26)41-30-27(25)29-34-24(15-16-32)35-37(29)18-33-30/h3-14,17-18,25H,15H2,1-2H3/t25-/m1/s1. The smallest absolute Gasteiger partial charge is 0.230 e. The molecule has 0 N–H and O–H groups in total. The fourth-order valence-corrected chi connectivity index (χ4v) is 5.31. The summed E-state index contributed by atoms with van der Waals surface area (Å²) in [6.07, 6.45) is 1.63. The van der Waals surface area contributed by atoms with E-state index in [1.807, 2.05) is 83.5 Å². The van der Waals surface area contributed by atoms with Gasteiger partial charge in [0.25, 0.3) is 0 Å². The summed E-state index contributed by atoms with van der Waals surface area (Å²) in [5.41, 5.74) is 5.56. The van der Waals surface area contributed by atoms with Crippen LogP contribution in [-0.2, 0) is 6.42 Å². The summed E-state index contributed by atoms with van der Waals surface area (Å²) in [6.45, 7) is 0. The van der Waals surface area contributed by atoms with Crippen LogP contribution in [0.3, 0.4) is 0 Å². The lowest BCUT2D eigenvalue weighted by atomic mass is 9.83. The second kappa shape index (κ2) is 9.81. The Morgan fingerprint density at radius 2 is 1.66 bits per heavy atom. The van der Waals surface area contributed by atoms with Gasteiger partial charge in [-0.15, -0.1) is 5.10 Å². The molecule has 1 aliphatic rings. The Bertz CT molecular complexity index is 1940.